The molecule has 0 atom stereocenters. The Morgan fingerprint density at radius 2 is 1.15 bits per heavy atom. The number of nitro benzene ring substituents is 2. The normalized spacial score (nSPS) is 11.3. The molecule has 0 aliphatic heterocycles. The standard InChI is InChI=1S/C16H12N5O7S.C16H12N5O4.Cr/c1-9-14(16(23)20(19-9)10-5-3-2-4-6-10)18-17-12-7-11(21(24)25)8-13(15(12)22)29(26,27)28;1-10-15(16(23)20(19-10)11-5-3-2-4-6-11)18-17-13-9-12(21(24)25)7-8-14(13)22;/h2-8,22H,1H3,(H,26,27,28);2-9,22H,1H3;/q2*-1;/p+2. The van der Waals surface area contributed by atoms with Gasteiger partial charge in [-0.2, -0.15) is 18.6 Å². The second kappa shape index (κ2) is 16.7. The summed E-state index contributed by atoms with van der Waals surface area (Å²) >= 11 is 0. The predicted octanol–water partition coefficient (Wildman–Crippen LogP) is 6.05. The molecule has 6 aromatic rings. The van der Waals surface area contributed by atoms with Crippen LogP contribution in [0, 0.1) is 34.1 Å². The first kappa shape index (κ1) is 40.7. The van der Waals surface area contributed by atoms with Gasteiger partial charge in [0.05, 0.1) is 21.2 Å². The van der Waals surface area contributed by atoms with Gasteiger partial charge in [-0.05, 0) is 30.3 Å². The van der Waals surface area contributed by atoms with Gasteiger partial charge in [0.2, 0.25) is 0 Å². The summed E-state index contributed by atoms with van der Waals surface area (Å²) in [6, 6.07) is 21.8. The van der Waals surface area contributed by atoms with Crippen molar-refractivity contribution >= 4 is 44.2 Å². The molecule has 21 nitrogen and oxygen atoms in total. The van der Waals surface area contributed by atoms with Gasteiger partial charge >= 0.3 is 2.85 Å². The van der Waals surface area contributed by atoms with Crippen molar-refractivity contribution in [2.75, 3.05) is 0 Å². The van der Waals surface area contributed by atoms with Crippen molar-refractivity contribution in [1.29, 1.82) is 0 Å². The third-order valence-corrected chi connectivity index (χ3v) is 8.06. The van der Waals surface area contributed by atoms with Crippen molar-refractivity contribution in [3.05, 3.63) is 143 Å². The van der Waals surface area contributed by atoms with Gasteiger partial charge in [0.1, 0.15) is 33.1 Å². The van der Waals surface area contributed by atoms with E-state index in [9.17, 15) is 48.4 Å². The van der Waals surface area contributed by atoms with Gasteiger partial charge in [0.15, 0.2) is 5.75 Å². The summed E-state index contributed by atoms with van der Waals surface area (Å²) in [5.41, 5.74) is -1.50. The van der Waals surface area contributed by atoms with Crippen molar-refractivity contribution in [2.45, 2.75) is 18.7 Å². The van der Waals surface area contributed by atoms with Gasteiger partial charge in [-0.25, -0.2) is 19.6 Å². The Morgan fingerprint density at radius 3 is 1.58 bits per heavy atom. The van der Waals surface area contributed by atoms with Gasteiger partial charge in [-0.3, -0.25) is 24.8 Å². The fourth-order valence-electron chi connectivity index (χ4n) is 4.58. The molecule has 0 unspecified atom stereocenters. The van der Waals surface area contributed by atoms with E-state index in [4.69, 9.17) is 4.55 Å². The summed E-state index contributed by atoms with van der Waals surface area (Å²) in [6.45, 7) is 3.08. The predicted molar refractivity (Wildman–Crippen MR) is 190 cm³/mol. The van der Waals surface area contributed by atoms with Crippen LogP contribution in [-0.4, -0.2) is 52.6 Å². The van der Waals surface area contributed by atoms with Crippen LogP contribution >= 0.6 is 0 Å². The zero-order valence-corrected chi connectivity index (χ0v) is 30.1. The largest absolute Gasteiger partial charge is 1.00 e. The van der Waals surface area contributed by atoms with Crippen LogP contribution in [0.3, 0.4) is 0 Å². The Kier molecular flexibility index (Phi) is 12.4. The number of aryl methyl sites for hydroxylation is 2. The third-order valence-electron chi connectivity index (χ3n) is 7.19. The minimum absolute atomic E-state index is 0. The van der Waals surface area contributed by atoms with Crippen LogP contribution in [0.25, 0.3) is 11.4 Å². The number of nitrogens with zero attached hydrogens (tertiary/aromatic N) is 10. The fourth-order valence-corrected chi connectivity index (χ4v) is 5.20. The van der Waals surface area contributed by atoms with Crippen LogP contribution in [0.15, 0.2) is 126 Å². The van der Waals surface area contributed by atoms with Crippen LogP contribution in [0.4, 0.5) is 34.1 Å². The molecule has 6 rings (SSSR count). The van der Waals surface area contributed by atoms with Gasteiger partial charge in [-0.1, -0.05) is 61.6 Å². The van der Waals surface area contributed by atoms with E-state index in [0.29, 0.717) is 23.1 Å². The molecule has 23 heteroatoms. The fraction of sp³-hybridized carbons (Fsp3) is 0.0625. The van der Waals surface area contributed by atoms with Crippen LogP contribution in [0.2, 0.25) is 0 Å². The van der Waals surface area contributed by atoms with E-state index in [2.05, 4.69) is 30.7 Å². The molecule has 282 valence electrons. The number of nitro groups is 2. The molecular weight excluding hydrogens is 784 g/mol. The van der Waals surface area contributed by atoms with Crippen molar-refractivity contribution in [3.63, 3.8) is 0 Å². The minimum atomic E-state index is -4.98. The second-order valence-electron chi connectivity index (χ2n) is 10.8. The molecule has 2 aromatic heterocycles. The topological polar surface area (TPSA) is 300 Å². The van der Waals surface area contributed by atoms with Crippen LogP contribution < -0.4 is 11.1 Å². The number of phenols is 2. The zero-order valence-electron chi connectivity index (χ0n) is 30.1. The van der Waals surface area contributed by atoms with E-state index < -0.39 is 53.1 Å². The number of aromatic hydroxyl groups is 2. The third kappa shape index (κ3) is 9.12. The van der Waals surface area contributed by atoms with E-state index >= 15 is 0 Å². The molecule has 2 heterocycles. The Morgan fingerprint density at radius 1 is 0.709 bits per heavy atom. The number of rotatable bonds is 9. The first-order chi connectivity index (χ1) is 25.6. The number of non-ortho nitro benzene ring substituents is 2. The van der Waals surface area contributed by atoms with Crippen molar-refractivity contribution in [2.24, 2.45) is 20.5 Å². The summed E-state index contributed by atoms with van der Waals surface area (Å²) in [4.78, 5) is 44.1. The number of para-hydroxylation sites is 2. The van der Waals surface area contributed by atoms with Gasteiger partial charge < -0.3 is 30.0 Å². The number of benzene rings is 4. The van der Waals surface area contributed by atoms with Crippen molar-refractivity contribution < 1.29 is 53.2 Å². The Labute approximate surface area is 321 Å². The molecule has 0 spiro atoms. The van der Waals surface area contributed by atoms with Gasteiger partial charge in [-0.15, -0.1) is 11.4 Å². The van der Waals surface area contributed by atoms with Crippen LogP contribution in [0.1, 0.15) is 14.2 Å². The molecule has 0 radical (unpaired) electrons. The molecule has 0 fully saturated rings. The SMILES string of the molecule is Cc1nn(-c2ccccc2)c(=O)[c-]1N=Nc1cc([N+](=O)[O-])cc(S(=O)(=O)O)c1O.Cc1nn(-c2ccccc2)c(=O)[c-]1N=Nc1cc([N+](=O)[O-])ccc1O.[Cr].[H+].[H+]. The van der Waals surface area contributed by atoms with E-state index in [1.807, 2.05) is 6.07 Å². The Hall–Kier alpha value is -7.06. The smallest absolute Gasteiger partial charge is 0.506 e. The number of aromatic nitrogens is 4. The van der Waals surface area contributed by atoms with Gasteiger partial charge in [0.25, 0.3) is 21.5 Å². The average molecular weight is 811 g/mol. The molecule has 4 aromatic carbocycles. The van der Waals surface area contributed by atoms with Gasteiger partial charge in [0, 0.05) is 41.6 Å². The monoisotopic (exact) mass is 810 g/mol. The average Bonchev–Trinajstić information content (AvgIpc) is 3.59. The summed E-state index contributed by atoms with van der Waals surface area (Å²) in [5, 5.41) is 64.6. The molecule has 3 N–H and O–H groups in total. The molecule has 0 saturated heterocycles. The quantitative estimate of drug-likeness (QED) is 0.0493. The second-order valence-corrected chi connectivity index (χ2v) is 12.2. The zero-order chi connectivity index (χ0) is 39.3. The van der Waals surface area contributed by atoms with E-state index in [1.165, 1.54) is 11.6 Å². The molecule has 0 amide bonds. The summed E-state index contributed by atoms with van der Waals surface area (Å²) in [6.07, 6.45) is 0. The molecule has 55 heavy (non-hydrogen) atoms. The molecule has 0 bridgehead atoms. The molecule has 0 saturated carbocycles. The molecule has 0 aliphatic carbocycles. The maximum Gasteiger partial charge on any atom is 1.00 e. The number of hydrogen-bond donors (Lipinski definition) is 3. The first-order valence-electron chi connectivity index (χ1n) is 15.0. The number of azo groups is 2. The Bertz CT molecular complexity index is 2700. The summed E-state index contributed by atoms with van der Waals surface area (Å²) in [7, 11) is -4.98. The van der Waals surface area contributed by atoms with Crippen LogP contribution in [0.5, 0.6) is 11.5 Å². The van der Waals surface area contributed by atoms with Crippen LogP contribution in [-0.2, 0) is 27.5 Å². The maximum absolute atomic E-state index is 12.5. The summed E-state index contributed by atoms with van der Waals surface area (Å²) < 4.78 is 34.1. The maximum atomic E-state index is 12.5. The van der Waals surface area contributed by atoms with E-state index in [1.54, 1.807) is 61.5 Å². The first-order valence-corrected chi connectivity index (χ1v) is 16.4. The number of hydrogen-bond acceptors (Lipinski definition) is 16. The van der Waals surface area contributed by atoms with E-state index in [-0.39, 0.29) is 54.4 Å². The molecular formula is C32H26CrN10O11S. The molecule has 0 aliphatic rings. The van der Waals surface area contributed by atoms with Crippen molar-refractivity contribution in [1.82, 2.24) is 19.6 Å². The minimum Gasteiger partial charge on any atom is -0.506 e. The Balaban J connectivity index is 0.000000377. The van der Waals surface area contributed by atoms with E-state index in [0.717, 1.165) is 28.9 Å². The number of phenolic OH excluding ortho intramolecular Hbond substituents is 2. The summed E-state index contributed by atoms with van der Waals surface area (Å²) in [5.74, 6) is -1.34. The van der Waals surface area contributed by atoms with Crippen molar-refractivity contribution in [3.8, 4) is 22.9 Å².